The van der Waals surface area contributed by atoms with Gasteiger partial charge in [0.15, 0.2) is 0 Å². The molecule has 1 amide bonds. The number of anilines is 2. The second-order valence-corrected chi connectivity index (χ2v) is 6.97. The first kappa shape index (κ1) is 17.4. The lowest BCUT2D eigenvalue weighted by Crippen LogP contribution is -2.31. The highest BCUT2D eigenvalue weighted by molar-refractivity contribution is 6.03. The van der Waals surface area contributed by atoms with Crippen molar-refractivity contribution in [1.82, 2.24) is 9.97 Å². The van der Waals surface area contributed by atoms with Gasteiger partial charge in [0.2, 0.25) is 5.95 Å². The van der Waals surface area contributed by atoms with Crippen LogP contribution in [0.15, 0.2) is 30.3 Å². The zero-order chi connectivity index (χ0) is 17.8. The van der Waals surface area contributed by atoms with Crippen LogP contribution in [0.4, 0.5) is 11.6 Å². The number of aryl methyl sites for hydroxylation is 1. The largest absolute Gasteiger partial charge is 0.341 e. The zero-order valence-corrected chi connectivity index (χ0v) is 15.2. The topological polar surface area (TPSA) is 58.1 Å². The van der Waals surface area contributed by atoms with Crippen LogP contribution in [0.3, 0.4) is 0 Å². The first-order chi connectivity index (χ1) is 12.0. The number of rotatable bonds is 4. The quantitative estimate of drug-likeness (QED) is 0.910. The number of nitrogens with zero attached hydrogens (tertiary/aromatic N) is 3. The maximum atomic E-state index is 12.6. The average Bonchev–Trinajstić information content (AvgIpc) is 2.62. The molecule has 5 heteroatoms. The van der Waals surface area contributed by atoms with Gasteiger partial charge in [-0.2, -0.15) is 0 Å². The second kappa shape index (κ2) is 7.64. The third-order valence-electron chi connectivity index (χ3n) is 4.55. The fourth-order valence-electron chi connectivity index (χ4n) is 3.05. The Morgan fingerprint density at radius 2 is 1.76 bits per heavy atom. The third kappa shape index (κ3) is 4.35. The minimum atomic E-state index is -0.193. The van der Waals surface area contributed by atoms with Crippen LogP contribution in [0.5, 0.6) is 0 Å². The number of piperidine rings is 1. The Labute approximate surface area is 149 Å². The van der Waals surface area contributed by atoms with Crippen LogP contribution in [-0.2, 0) is 0 Å². The molecule has 132 valence electrons. The van der Waals surface area contributed by atoms with E-state index < -0.39 is 0 Å². The van der Waals surface area contributed by atoms with Crippen molar-refractivity contribution in [2.24, 2.45) is 0 Å². The highest BCUT2D eigenvalue weighted by Gasteiger charge is 2.17. The van der Waals surface area contributed by atoms with Crippen LogP contribution in [0.25, 0.3) is 0 Å². The molecule has 5 nitrogen and oxygen atoms in total. The van der Waals surface area contributed by atoms with E-state index in [9.17, 15) is 4.79 Å². The molecule has 0 atom stereocenters. The molecule has 2 aromatic rings. The fourth-order valence-corrected chi connectivity index (χ4v) is 3.05. The summed E-state index contributed by atoms with van der Waals surface area (Å²) in [6.07, 6.45) is 3.56. The molecule has 1 aromatic heterocycles. The van der Waals surface area contributed by atoms with Crippen LogP contribution in [-0.4, -0.2) is 29.0 Å². The molecule has 0 saturated carbocycles. The Hall–Kier alpha value is -2.43. The summed E-state index contributed by atoms with van der Waals surface area (Å²) >= 11 is 0. The summed E-state index contributed by atoms with van der Waals surface area (Å²) in [7, 11) is 0. The van der Waals surface area contributed by atoms with Crippen molar-refractivity contribution in [3.8, 4) is 0 Å². The first-order valence-corrected chi connectivity index (χ1v) is 9.05. The Balaban J connectivity index is 1.76. The molecule has 3 rings (SSSR count). The van der Waals surface area contributed by atoms with Gasteiger partial charge in [-0.3, -0.25) is 4.79 Å². The van der Waals surface area contributed by atoms with E-state index in [1.807, 2.05) is 31.2 Å². The number of hydrogen-bond donors (Lipinski definition) is 1. The number of amides is 1. The maximum Gasteiger partial charge on any atom is 0.274 e. The van der Waals surface area contributed by atoms with E-state index in [-0.39, 0.29) is 5.91 Å². The summed E-state index contributed by atoms with van der Waals surface area (Å²) in [5.41, 5.74) is 3.27. The molecule has 0 spiro atoms. The lowest BCUT2D eigenvalue weighted by molar-refractivity contribution is 0.102. The van der Waals surface area contributed by atoms with Gasteiger partial charge in [-0.1, -0.05) is 26.0 Å². The van der Waals surface area contributed by atoms with E-state index in [1.165, 1.54) is 12.0 Å². The van der Waals surface area contributed by atoms with Gasteiger partial charge in [0.25, 0.3) is 5.91 Å². The first-order valence-electron chi connectivity index (χ1n) is 9.05. The summed E-state index contributed by atoms with van der Waals surface area (Å²) in [4.78, 5) is 23.8. The lowest BCUT2D eigenvalue weighted by atomic mass is 10.0. The standard InChI is InChI=1S/C20H26N4O/c1-14(2)16-7-9-17(10-8-16)22-19(25)18-13-15(3)21-20(23-18)24-11-5-4-6-12-24/h7-10,13-14H,4-6,11-12H2,1-3H3,(H,22,25). The summed E-state index contributed by atoms with van der Waals surface area (Å²) < 4.78 is 0. The molecule has 1 aliphatic rings. The molecule has 0 unspecified atom stereocenters. The van der Waals surface area contributed by atoms with E-state index >= 15 is 0 Å². The van der Waals surface area contributed by atoms with Crippen LogP contribution >= 0.6 is 0 Å². The molecule has 1 aliphatic heterocycles. The molecule has 1 fully saturated rings. The molecule has 2 heterocycles. The van der Waals surface area contributed by atoms with Crippen molar-refractivity contribution >= 4 is 17.5 Å². The number of carbonyl (C=O) groups excluding carboxylic acids is 1. The summed E-state index contributed by atoms with van der Waals surface area (Å²) in [6.45, 7) is 8.13. The molecule has 0 radical (unpaired) electrons. The van der Waals surface area contributed by atoms with Gasteiger partial charge < -0.3 is 10.2 Å². The van der Waals surface area contributed by atoms with Gasteiger partial charge in [-0.05, 0) is 55.9 Å². The van der Waals surface area contributed by atoms with Crippen molar-refractivity contribution in [1.29, 1.82) is 0 Å². The Morgan fingerprint density at radius 1 is 1.08 bits per heavy atom. The predicted octanol–water partition coefficient (Wildman–Crippen LogP) is 4.15. The molecular formula is C20H26N4O. The van der Waals surface area contributed by atoms with Crippen LogP contribution in [0, 0.1) is 6.92 Å². The number of benzene rings is 1. The van der Waals surface area contributed by atoms with Gasteiger partial charge in [-0.25, -0.2) is 9.97 Å². The minimum absolute atomic E-state index is 0.193. The van der Waals surface area contributed by atoms with Crippen LogP contribution < -0.4 is 10.2 Å². The Kier molecular flexibility index (Phi) is 5.31. The van der Waals surface area contributed by atoms with E-state index in [2.05, 4.69) is 34.0 Å². The SMILES string of the molecule is Cc1cc(C(=O)Nc2ccc(C(C)C)cc2)nc(N2CCCCC2)n1. The van der Waals surface area contributed by atoms with E-state index in [0.29, 0.717) is 17.6 Å². The zero-order valence-electron chi connectivity index (χ0n) is 15.2. The van der Waals surface area contributed by atoms with Crippen molar-refractivity contribution < 1.29 is 4.79 Å². The van der Waals surface area contributed by atoms with Crippen molar-refractivity contribution in [3.63, 3.8) is 0 Å². The third-order valence-corrected chi connectivity index (χ3v) is 4.55. The molecule has 1 aromatic carbocycles. The number of nitrogens with one attached hydrogen (secondary N) is 1. The van der Waals surface area contributed by atoms with E-state index in [1.54, 1.807) is 6.07 Å². The number of carbonyl (C=O) groups is 1. The molecule has 1 N–H and O–H groups in total. The van der Waals surface area contributed by atoms with E-state index in [4.69, 9.17) is 0 Å². The molecule has 1 saturated heterocycles. The highest BCUT2D eigenvalue weighted by atomic mass is 16.1. The average molecular weight is 338 g/mol. The van der Waals surface area contributed by atoms with Crippen LogP contribution in [0.1, 0.15) is 60.8 Å². The summed E-state index contributed by atoms with van der Waals surface area (Å²) in [5.74, 6) is 0.947. The normalized spacial score (nSPS) is 14.6. The van der Waals surface area contributed by atoms with Gasteiger partial charge in [-0.15, -0.1) is 0 Å². The van der Waals surface area contributed by atoms with Crippen molar-refractivity contribution in [3.05, 3.63) is 47.3 Å². The number of hydrogen-bond acceptors (Lipinski definition) is 4. The molecule has 25 heavy (non-hydrogen) atoms. The van der Waals surface area contributed by atoms with Crippen molar-refractivity contribution in [2.75, 3.05) is 23.3 Å². The predicted molar refractivity (Wildman–Crippen MR) is 101 cm³/mol. The van der Waals surface area contributed by atoms with Crippen LogP contribution in [0.2, 0.25) is 0 Å². The van der Waals surface area contributed by atoms with Gasteiger partial charge in [0, 0.05) is 24.5 Å². The van der Waals surface area contributed by atoms with Gasteiger partial charge in [0.05, 0.1) is 0 Å². The van der Waals surface area contributed by atoms with Gasteiger partial charge in [0.1, 0.15) is 5.69 Å². The minimum Gasteiger partial charge on any atom is -0.341 e. The number of aromatic nitrogens is 2. The Bertz CT molecular complexity index is 734. The summed E-state index contributed by atoms with van der Waals surface area (Å²) in [5, 5.41) is 2.93. The second-order valence-electron chi connectivity index (χ2n) is 6.97. The Morgan fingerprint density at radius 3 is 2.40 bits per heavy atom. The molecule has 0 bridgehead atoms. The highest BCUT2D eigenvalue weighted by Crippen LogP contribution is 2.19. The van der Waals surface area contributed by atoms with Crippen molar-refractivity contribution in [2.45, 2.75) is 46.0 Å². The maximum absolute atomic E-state index is 12.6. The van der Waals surface area contributed by atoms with Gasteiger partial charge >= 0.3 is 0 Å². The smallest absolute Gasteiger partial charge is 0.274 e. The summed E-state index contributed by atoms with van der Waals surface area (Å²) in [6, 6.07) is 9.71. The van der Waals surface area contributed by atoms with E-state index in [0.717, 1.165) is 37.3 Å². The molecule has 0 aliphatic carbocycles. The molecular weight excluding hydrogens is 312 g/mol. The lowest BCUT2D eigenvalue weighted by Gasteiger charge is -2.27. The fraction of sp³-hybridized carbons (Fsp3) is 0.450. The monoisotopic (exact) mass is 338 g/mol.